The summed E-state index contributed by atoms with van der Waals surface area (Å²) >= 11 is 0. The molecule has 2 atom stereocenters. The molecule has 0 bridgehead atoms. The van der Waals surface area contributed by atoms with E-state index in [1.54, 1.807) is 12.3 Å². The van der Waals surface area contributed by atoms with Crippen molar-refractivity contribution in [1.82, 2.24) is 0 Å². The van der Waals surface area contributed by atoms with Crippen molar-refractivity contribution in [2.45, 2.75) is 18.9 Å². The summed E-state index contributed by atoms with van der Waals surface area (Å²) in [5.41, 5.74) is -0.635. The Bertz CT molecular complexity index is 227. The molecule has 0 aliphatic heterocycles. The highest BCUT2D eigenvalue weighted by molar-refractivity contribution is 5.19. The van der Waals surface area contributed by atoms with E-state index in [9.17, 15) is 5.11 Å². The Morgan fingerprint density at radius 2 is 2.50 bits per heavy atom. The lowest BCUT2D eigenvalue weighted by atomic mass is 10.2. The summed E-state index contributed by atoms with van der Waals surface area (Å²) in [7, 11) is 0. The highest BCUT2D eigenvalue weighted by Gasteiger charge is 2.53. The van der Waals surface area contributed by atoms with E-state index < -0.39 is 5.60 Å². The molecule has 0 aromatic carbocycles. The van der Waals surface area contributed by atoms with Crippen molar-refractivity contribution in [2.24, 2.45) is 5.92 Å². The molecule has 1 saturated carbocycles. The molecule has 1 aliphatic carbocycles. The monoisotopic (exact) mass is 138 g/mol. The highest BCUT2D eigenvalue weighted by Crippen LogP contribution is 2.51. The van der Waals surface area contributed by atoms with Crippen LogP contribution in [0.4, 0.5) is 0 Å². The van der Waals surface area contributed by atoms with Crippen molar-refractivity contribution in [3.8, 4) is 0 Å². The molecule has 1 aromatic rings. The maximum absolute atomic E-state index is 9.66. The number of aliphatic hydroxyl groups is 1. The van der Waals surface area contributed by atoms with Gasteiger partial charge in [0, 0.05) is 0 Å². The molecule has 0 radical (unpaired) electrons. The van der Waals surface area contributed by atoms with Crippen LogP contribution in [0.1, 0.15) is 19.1 Å². The van der Waals surface area contributed by atoms with Crippen LogP contribution in [0.5, 0.6) is 0 Å². The minimum atomic E-state index is -0.635. The van der Waals surface area contributed by atoms with Crippen LogP contribution in [-0.2, 0) is 5.60 Å². The molecular formula is C8H10O2. The molecule has 1 fully saturated rings. The third-order valence-electron chi connectivity index (χ3n) is 2.22. The van der Waals surface area contributed by atoms with E-state index in [0.717, 1.165) is 6.42 Å². The van der Waals surface area contributed by atoms with E-state index in [0.29, 0.717) is 11.7 Å². The third kappa shape index (κ3) is 0.625. The normalized spacial score (nSPS) is 38.0. The van der Waals surface area contributed by atoms with Gasteiger partial charge in [0.2, 0.25) is 0 Å². The summed E-state index contributed by atoms with van der Waals surface area (Å²) in [6, 6.07) is 3.63. The summed E-state index contributed by atoms with van der Waals surface area (Å²) in [5.74, 6) is 1.07. The Balaban J connectivity index is 2.30. The Morgan fingerprint density at radius 1 is 1.80 bits per heavy atom. The van der Waals surface area contributed by atoms with Gasteiger partial charge in [0.05, 0.1) is 6.26 Å². The molecule has 10 heavy (non-hydrogen) atoms. The number of hydrogen-bond acceptors (Lipinski definition) is 2. The lowest BCUT2D eigenvalue weighted by Gasteiger charge is -2.02. The number of hydrogen-bond donors (Lipinski definition) is 1. The first-order valence-corrected chi connectivity index (χ1v) is 3.50. The third-order valence-corrected chi connectivity index (χ3v) is 2.22. The van der Waals surface area contributed by atoms with Crippen LogP contribution in [0.15, 0.2) is 22.8 Å². The molecule has 2 nitrogen and oxygen atoms in total. The van der Waals surface area contributed by atoms with Crippen LogP contribution in [0, 0.1) is 5.92 Å². The fourth-order valence-corrected chi connectivity index (χ4v) is 1.28. The van der Waals surface area contributed by atoms with E-state index in [-0.39, 0.29) is 0 Å². The topological polar surface area (TPSA) is 33.4 Å². The second-order valence-electron chi connectivity index (χ2n) is 3.01. The Labute approximate surface area is 59.5 Å². The van der Waals surface area contributed by atoms with Gasteiger partial charge >= 0.3 is 0 Å². The molecule has 2 heteroatoms. The van der Waals surface area contributed by atoms with Gasteiger partial charge in [-0.15, -0.1) is 0 Å². The second kappa shape index (κ2) is 1.64. The molecule has 1 heterocycles. The van der Waals surface area contributed by atoms with Gasteiger partial charge in [0.25, 0.3) is 0 Å². The van der Waals surface area contributed by atoms with E-state index in [1.165, 1.54) is 0 Å². The van der Waals surface area contributed by atoms with Crippen molar-refractivity contribution in [1.29, 1.82) is 0 Å². The van der Waals surface area contributed by atoms with Crippen LogP contribution < -0.4 is 0 Å². The number of rotatable bonds is 1. The largest absolute Gasteiger partial charge is 0.466 e. The molecular weight excluding hydrogens is 128 g/mol. The zero-order valence-electron chi connectivity index (χ0n) is 5.87. The van der Waals surface area contributed by atoms with E-state index in [2.05, 4.69) is 0 Å². The van der Waals surface area contributed by atoms with Gasteiger partial charge < -0.3 is 9.52 Å². The molecule has 0 amide bonds. The minimum absolute atomic E-state index is 0.360. The van der Waals surface area contributed by atoms with E-state index in [4.69, 9.17) is 4.42 Å². The molecule has 0 spiro atoms. The van der Waals surface area contributed by atoms with Gasteiger partial charge in [0.1, 0.15) is 11.4 Å². The van der Waals surface area contributed by atoms with Gasteiger partial charge in [-0.05, 0) is 24.5 Å². The highest BCUT2D eigenvalue weighted by atomic mass is 16.4. The zero-order chi connectivity index (χ0) is 7.19. The summed E-state index contributed by atoms with van der Waals surface area (Å²) in [6.07, 6.45) is 2.43. The Hall–Kier alpha value is -0.760. The maximum atomic E-state index is 9.66. The second-order valence-corrected chi connectivity index (χ2v) is 3.01. The van der Waals surface area contributed by atoms with E-state index in [1.807, 2.05) is 13.0 Å². The standard InChI is InChI=1S/C8H10O2/c1-6-5-8(6,9)7-3-2-4-10-7/h2-4,6,9H,5H2,1H3. The summed E-state index contributed by atoms with van der Waals surface area (Å²) in [6.45, 7) is 2.02. The van der Waals surface area contributed by atoms with Gasteiger partial charge in [-0.1, -0.05) is 6.92 Å². The van der Waals surface area contributed by atoms with E-state index >= 15 is 0 Å². The van der Waals surface area contributed by atoms with Crippen molar-refractivity contribution in [3.05, 3.63) is 24.2 Å². The van der Waals surface area contributed by atoms with Gasteiger partial charge in [0.15, 0.2) is 0 Å². The Kier molecular flexibility index (Phi) is 0.980. The quantitative estimate of drug-likeness (QED) is 0.638. The smallest absolute Gasteiger partial charge is 0.135 e. The summed E-state index contributed by atoms with van der Waals surface area (Å²) in [5, 5.41) is 9.66. The average molecular weight is 138 g/mol. The van der Waals surface area contributed by atoms with Crippen molar-refractivity contribution in [3.63, 3.8) is 0 Å². The van der Waals surface area contributed by atoms with Crippen molar-refractivity contribution in [2.75, 3.05) is 0 Å². The predicted molar refractivity (Wildman–Crippen MR) is 36.4 cm³/mol. The predicted octanol–water partition coefficient (Wildman–Crippen LogP) is 1.51. The fraction of sp³-hybridized carbons (Fsp3) is 0.500. The summed E-state index contributed by atoms with van der Waals surface area (Å²) in [4.78, 5) is 0. The minimum Gasteiger partial charge on any atom is -0.466 e. The Morgan fingerprint density at radius 3 is 2.90 bits per heavy atom. The first kappa shape index (κ1) is 5.98. The molecule has 54 valence electrons. The molecule has 1 aromatic heterocycles. The fourth-order valence-electron chi connectivity index (χ4n) is 1.28. The first-order valence-electron chi connectivity index (χ1n) is 3.50. The summed E-state index contributed by atoms with van der Waals surface area (Å²) < 4.78 is 5.08. The first-order chi connectivity index (χ1) is 4.73. The van der Waals surface area contributed by atoms with Crippen LogP contribution in [0.25, 0.3) is 0 Å². The lowest BCUT2D eigenvalue weighted by Crippen LogP contribution is -2.04. The van der Waals surface area contributed by atoms with Crippen LogP contribution in [0.3, 0.4) is 0 Å². The zero-order valence-corrected chi connectivity index (χ0v) is 5.87. The molecule has 2 unspecified atom stereocenters. The SMILES string of the molecule is CC1CC1(O)c1ccco1. The lowest BCUT2D eigenvalue weighted by molar-refractivity contribution is 0.108. The molecule has 1 N–H and O–H groups in total. The van der Waals surface area contributed by atoms with Gasteiger partial charge in [-0.3, -0.25) is 0 Å². The maximum Gasteiger partial charge on any atom is 0.135 e. The molecule has 1 aliphatic rings. The average Bonchev–Trinajstić information content (AvgIpc) is 2.35. The van der Waals surface area contributed by atoms with Gasteiger partial charge in [-0.2, -0.15) is 0 Å². The van der Waals surface area contributed by atoms with Crippen LogP contribution >= 0.6 is 0 Å². The molecule has 2 rings (SSSR count). The molecule has 0 saturated heterocycles. The van der Waals surface area contributed by atoms with Crippen LogP contribution in [0.2, 0.25) is 0 Å². The van der Waals surface area contributed by atoms with Gasteiger partial charge in [-0.25, -0.2) is 0 Å². The van der Waals surface area contributed by atoms with Crippen molar-refractivity contribution >= 4 is 0 Å². The van der Waals surface area contributed by atoms with Crippen LogP contribution in [-0.4, -0.2) is 5.11 Å². The number of furan rings is 1. The van der Waals surface area contributed by atoms with Crippen molar-refractivity contribution < 1.29 is 9.52 Å².